The van der Waals surface area contributed by atoms with Gasteiger partial charge in [-0.25, -0.2) is 4.39 Å². The minimum Gasteiger partial charge on any atom is -0.355 e. The molecule has 1 unspecified atom stereocenters. The minimum absolute atomic E-state index is 0.00673. The van der Waals surface area contributed by atoms with Crippen molar-refractivity contribution in [1.29, 1.82) is 0 Å². The van der Waals surface area contributed by atoms with Gasteiger partial charge in [-0.3, -0.25) is 4.79 Å². The van der Waals surface area contributed by atoms with Crippen LogP contribution in [0.2, 0.25) is 0 Å². The number of alkyl halides is 1. The molecule has 0 aromatic heterocycles. The molecule has 0 saturated carbocycles. The van der Waals surface area contributed by atoms with Gasteiger partial charge in [0.05, 0.1) is 4.83 Å². The third kappa shape index (κ3) is 4.46. The molecule has 0 aliphatic rings. The van der Waals surface area contributed by atoms with E-state index in [4.69, 9.17) is 0 Å². The first-order chi connectivity index (χ1) is 8.04. The van der Waals surface area contributed by atoms with E-state index in [0.29, 0.717) is 6.54 Å². The lowest BCUT2D eigenvalue weighted by Gasteiger charge is -2.10. The summed E-state index contributed by atoms with van der Waals surface area (Å²) < 4.78 is 12.9. The summed E-state index contributed by atoms with van der Waals surface area (Å²) in [4.78, 5) is 11.4. The molecular weight excluding hydrogens is 285 g/mol. The molecule has 2 nitrogen and oxygen atoms in total. The predicted molar refractivity (Wildman–Crippen MR) is 70.9 cm³/mol. The van der Waals surface area contributed by atoms with Crippen molar-refractivity contribution < 1.29 is 9.18 Å². The molecule has 1 aromatic carbocycles. The highest BCUT2D eigenvalue weighted by atomic mass is 79.9. The fourth-order valence-corrected chi connectivity index (χ4v) is 1.72. The standard InChI is InChI=1S/C13H17BrFNO/c1-3-12(14)13(17)16-7-6-10-4-5-11(15)8-9(10)2/h4-5,8,12H,3,6-7H2,1-2H3,(H,16,17). The highest BCUT2D eigenvalue weighted by Gasteiger charge is 2.11. The first-order valence-electron chi connectivity index (χ1n) is 5.71. The zero-order valence-electron chi connectivity index (χ0n) is 10.1. The summed E-state index contributed by atoms with van der Waals surface area (Å²) in [7, 11) is 0. The van der Waals surface area contributed by atoms with E-state index in [-0.39, 0.29) is 16.6 Å². The van der Waals surface area contributed by atoms with Crippen LogP contribution in [0.15, 0.2) is 18.2 Å². The summed E-state index contributed by atoms with van der Waals surface area (Å²) in [6, 6.07) is 4.72. The zero-order valence-corrected chi connectivity index (χ0v) is 11.7. The smallest absolute Gasteiger partial charge is 0.233 e. The number of nitrogens with one attached hydrogen (secondary N) is 1. The number of carbonyl (C=O) groups excluding carboxylic acids is 1. The maximum Gasteiger partial charge on any atom is 0.233 e. The highest BCUT2D eigenvalue weighted by Crippen LogP contribution is 2.10. The Bertz CT molecular complexity index is 395. The van der Waals surface area contributed by atoms with Crippen LogP contribution >= 0.6 is 15.9 Å². The molecule has 0 fully saturated rings. The largest absolute Gasteiger partial charge is 0.355 e. The molecule has 0 aliphatic carbocycles. The lowest BCUT2D eigenvalue weighted by molar-refractivity contribution is -0.120. The van der Waals surface area contributed by atoms with Crippen LogP contribution in [-0.4, -0.2) is 17.3 Å². The van der Waals surface area contributed by atoms with E-state index in [1.54, 1.807) is 6.07 Å². The van der Waals surface area contributed by atoms with Gasteiger partial charge in [0.2, 0.25) is 5.91 Å². The van der Waals surface area contributed by atoms with Crippen LogP contribution in [0.4, 0.5) is 4.39 Å². The van der Waals surface area contributed by atoms with Crippen molar-refractivity contribution in [2.45, 2.75) is 31.5 Å². The first kappa shape index (κ1) is 14.2. The maximum absolute atomic E-state index is 12.9. The van der Waals surface area contributed by atoms with Crippen molar-refractivity contribution in [3.8, 4) is 0 Å². The van der Waals surface area contributed by atoms with E-state index in [1.165, 1.54) is 12.1 Å². The van der Waals surface area contributed by atoms with E-state index in [9.17, 15) is 9.18 Å². The van der Waals surface area contributed by atoms with Crippen LogP contribution in [0, 0.1) is 12.7 Å². The van der Waals surface area contributed by atoms with Crippen LogP contribution in [-0.2, 0) is 11.2 Å². The predicted octanol–water partition coefficient (Wildman–Crippen LogP) is 2.97. The summed E-state index contributed by atoms with van der Waals surface area (Å²) >= 11 is 3.29. The van der Waals surface area contributed by atoms with Crippen molar-refractivity contribution in [3.63, 3.8) is 0 Å². The Morgan fingerprint density at radius 2 is 2.24 bits per heavy atom. The maximum atomic E-state index is 12.9. The highest BCUT2D eigenvalue weighted by molar-refractivity contribution is 9.10. The number of rotatable bonds is 5. The lowest BCUT2D eigenvalue weighted by atomic mass is 10.1. The molecule has 0 aliphatic heterocycles. The normalized spacial score (nSPS) is 12.2. The topological polar surface area (TPSA) is 29.1 Å². The van der Waals surface area contributed by atoms with Gasteiger partial charge in [0.15, 0.2) is 0 Å². The van der Waals surface area contributed by atoms with Gasteiger partial charge in [-0.1, -0.05) is 28.9 Å². The number of aryl methyl sites for hydroxylation is 1. The molecule has 1 aromatic rings. The van der Waals surface area contributed by atoms with Gasteiger partial charge in [-0.2, -0.15) is 0 Å². The number of hydrogen-bond acceptors (Lipinski definition) is 1. The number of amides is 1. The van der Waals surface area contributed by atoms with Crippen molar-refractivity contribution in [2.24, 2.45) is 0 Å². The third-order valence-electron chi connectivity index (χ3n) is 2.64. The van der Waals surface area contributed by atoms with Crippen molar-refractivity contribution >= 4 is 21.8 Å². The monoisotopic (exact) mass is 301 g/mol. The van der Waals surface area contributed by atoms with E-state index in [2.05, 4.69) is 21.2 Å². The molecule has 1 rings (SSSR count). The minimum atomic E-state index is -0.221. The zero-order chi connectivity index (χ0) is 12.8. The average Bonchev–Trinajstić information content (AvgIpc) is 2.30. The second kappa shape index (κ2) is 6.74. The Labute approximate surface area is 110 Å². The van der Waals surface area contributed by atoms with E-state index in [1.807, 2.05) is 13.8 Å². The summed E-state index contributed by atoms with van der Waals surface area (Å²) in [5.74, 6) is -0.214. The molecule has 94 valence electrons. The number of benzene rings is 1. The Kier molecular flexibility index (Phi) is 5.62. The summed E-state index contributed by atoms with van der Waals surface area (Å²) in [6.07, 6.45) is 1.49. The number of hydrogen-bond donors (Lipinski definition) is 1. The number of carbonyl (C=O) groups is 1. The van der Waals surface area contributed by atoms with Crippen molar-refractivity contribution in [1.82, 2.24) is 5.32 Å². The van der Waals surface area contributed by atoms with Gasteiger partial charge < -0.3 is 5.32 Å². The molecule has 0 saturated heterocycles. The molecule has 1 atom stereocenters. The van der Waals surface area contributed by atoms with Gasteiger partial charge >= 0.3 is 0 Å². The quantitative estimate of drug-likeness (QED) is 0.833. The van der Waals surface area contributed by atoms with E-state index in [0.717, 1.165) is 24.0 Å². The van der Waals surface area contributed by atoms with Crippen LogP contribution < -0.4 is 5.32 Å². The first-order valence-corrected chi connectivity index (χ1v) is 6.63. The molecule has 1 amide bonds. The van der Waals surface area contributed by atoms with Gasteiger partial charge in [0.1, 0.15) is 5.82 Å². The van der Waals surface area contributed by atoms with Crippen LogP contribution in [0.1, 0.15) is 24.5 Å². The van der Waals surface area contributed by atoms with Crippen LogP contribution in [0.3, 0.4) is 0 Å². The molecule has 17 heavy (non-hydrogen) atoms. The molecule has 0 radical (unpaired) electrons. The van der Waals surface area contributed by atoms with E-state index < -0.39 is 0 Å². The van der Waals surface area contributed by atoms with Gasteiger partial charge in [-0.15, -0.1) is 0 Å². The van der Waals surface area contributed by atoms with Gasteiger partial charge in [-0.05, 0) is 43.0 Å². The van der Waals surface area contributed by atoms with Crippen LogP contribution in [0.25, 0.3) is 0 Å². The molecule has 0 heterocycles. The second-order valence-corrected chi connectivity index (χ2v) is 5.09. The molecule has 1 N–H and O–H groups in total. The van der Waals surface area contributed by atoms with Crippen LogP contribution in [0.5, 0.6) is 0 Å². The molecular formula is C13H17BrFNO. The lowest BCUT2D eigenvalue weighted by Crippen LogP contribution is -2.32. The van der Waals surface area contributed by atoms with Crippen molar-refractivity contribution in [2.75, 3.05) is 6.54 Å². The van der Waals surface area contributed by atoms with E-state index >= 15 is 0 Å². The Hall–Kier alpha value is -0.900. The molecule has 0 spiro atoms. The molecule has 0 bridgehead atoms. The summed E-state index contributed by atoms with van der Waals surface area (Å²) in [5, 5.41) is 2.84. The summed E-state index contributed by atoms with van der Waals surface area (Å²) in [5.41, 5.74) is 1.99. The second-order valence-electron chi connectivity index (χ2n) is 3.99. The number of halogens is 2. The summed E-state index contributed by atoms with van der Waals surface area (Å²) in [6.45, 7) is 4.40. The fourth-order valence-electron chi connectivity index (χ4n) is 1.56. The van der Waals surface area contributed by atoms with Gasteiger partial charge in [0.25, 0.3) is 0 Å². The van der Waals surface area contributed by atoms with Crippen molar-refractivity contribution in [3.05, 3.63) is 35.1 Å². The average molecular weight is 302 g/mol. The van der Waals surface area contributed by atoms with Gasteiger partial charge in [0, 0.05) is 6.54 Å². The Morgan fingerprint density at radius 1 is 1.53 bits per heavy atom. The Balaban J connectivity index is 2.43. The molecule has 4 heteroatoms. The fraction of sp³-hybridized carbons (Fsp3) is 0.462. The Morgan fingerprint density at radius 3 is 2.82 bits per heavy atom. The SMILES string of the molecule is CCC(Br)C(=O)NCCc1ccc(F)cc1C. The third-order valence-corrected chi connectivity index (χ3v) is 3.70.